The Labute approximate surface area is 117 Å². The molecule has 0 aromatic heterocycles. The molecule has 1 aromatic carbocycles. The predicted molar refractivity (Wildman–Crippen MR) is 81.7 cm³/mol. The molecule has 0 radical (unpaired) electrons. The van der Waals surface area contributed by atoms with Crippen molar-refractivity contribution in [3.63, 3.8) is 0 Å². The zero-order chi connectivity index (χ0) is 13.1. The van der Waals surface area contributed by atoms with Crippen molar-refractivity contribution >= 4 is 0 Å². The van der Waals surface area contributed by atoms with Gasteiger partial charge in [0.2, 0.25) is 0 Å². The standard InChI is InChI=1S/C18H27N/c1-19-18-8-3-2-5-17(13-18)16-11-9-15(10-12-16)14-6-4-7-14/h9-12,14,17-19H,2-8,13H2,1H3. The van der Waals surface area contributed by atoms with Gasteiger partial charge in [-0.25, -0.2) is 0 Å². The monoisotopic (exact) mass is 257 g/mol. The number of nitrogens with one attached hydrogen (secondary N) is 1. The van der Waals surface area contributed by atoms with Crippen molar-refractivity contribution in [3.8, 4) is 0 Å². The minimum absolute atomic E-state index is 0.721. The first-order chi connectivity index (χ1) is 9.36. The van der Waals surface area contributed by atoms with E-state index in [1.807, 2.05) is 0 Å². The normalized spacial score (nSPS) is 28.7. The molecule has 3 rings (SSSR count). The van der Waals surface area contributed by atoms with Crippen LogP contribution in [-0.2, 0) is 0 Å². The third-order valence-electron chi connectivity index (χ3n) is 5.32. The lowest BCUT2D eigenvalue weighted by atomic mass is 9.79. The van der Waals surface area contributed by atoms with Crippen molar-refractivity contribution in [3.05, 3.63) is 35.4 Å². The Kier molecular flexibility index (Phi) is 4.22. The molecular weight excluding hydrogens is 230 g/mol. The van der Waals surface area contributed by atoms with Crippen LogP contribution in [0.4, 0.5) is 0 Å². The minimum atomic E-state index is 0.721. The molecule has 19 heavy (non-hydrogen) atoms. The van der Waals surface area contributed by atoms with Gasteiger partial charge < -0.3 is 5.32 Å². The molecule has 0 aliphatic heterocycles. The highest BCUT2D eigenvalue weighted by Gasteiger charge is 2.22. The van der Waals surface area contributed by atoms with Gasteiger partial charge >= 0.3 is 0 Å². The first-order valence-corrected chi connectivity index (χ1v) is 8.14. The van der Waals surface area contributed by atoms with Crippen LogP contribution in [0.3, 0.4) is 0 Å². The van der Waals surface area contributed by atoms with Crippen LogP contribution >= 0.6 is 0 Å². The molecule has 0 spiro atoms. The van der Waals surface area contributed by atoms with Crippen LogP contribution in [0.2, 0.25) is 0 Å². The smallest absolute Gasteiger partial charge is 0.00698 e. The second kappa shape index (κ2) is 6.09. The highest BCUT2D eigenvalue weighted by molar-refractivity contribution is 5.29. The summed E-state index contributed by atoms with van der Waals surface area (Å²) in [4.78, 5) is 0. The summed E-state index contributed by atoms with van der Waals surface area (Å²) in [6.45, 7) is 0. The van der Waals surface area contributed by atoms with E-state index in [4.69, 9.17) is 0 Å². The maximum Gasteiger partial charge on any atom is 0.00698 e. The summed E-state index contributed by atoms with van der Waals surface area (Å²) in [5, 5.41) is 3.49. The predicted octanol–water partition coefficient (Wildman–Crippen LogP) is 4.59. The van der Waals surface area contributed by atoms with Crippen LogP contribution in [0.1, 0.15) is 74.3 Å². The summed E-state index contributed by atoms with van der Waals surface area (Å²) in [5.41, 5.74) is 3.15. The van der Waals surface area contributed by atoms with Gasteiger partial charge in [-0.1, -0.05) is 43.5 Å². The van der Waals surface area contributed by atoms with E-state index in [1.54, 1.807) is 11.1 Å². The van der Waals surface area contributed by atoms with E-state index >= 15 is 0 Å². The summed E-state index contributed by atoms with van der Waals surface area (Å²) in [6, 6.07) is 10.3. The maximum atomic E-state index is 3.49. The third kappa shape index (κ3) is 3.02. The largest absolute Gasteiger partial charge is 0.317 e. The Hall–Kier alpha value is -0.820. The van der Waals surface area contributed by atoms with Crippen LogP contribution in [0.25, 0.3) is 0 Å². The molecule has 0 bridgehead atoms. The Morgan fingerprint density at radius 3 is 1.95 bits per heavy atom. The van der Waals surface area contributed by atoms with Crippen LogP contribution in [-0.4, -0.2) is 13.1 Å². The lowest BCUT2D eigenvalue weighted by Crippen LogP contribution is -2.25. The Bertz CT molecular complexity index is 391. The summed E-state index contributed by atoms with van der Waals surface area (Å²) < 4.78 is 0. The molecule has 1 aromatic rings. The molecular formula is C18H27N. The summed E-state index contributed by atoms with van der Waals surface area (Å²) in [5.74, 6) is 1.64. The average Bonchev–Trinajstić information content (AvgIpc) is 2.63. The lowest BCUT2D eigenvalue weighted by Gasteiger charge is -2.26. The van der Waals surface area contributed by atoms with Gasteiger partial charge in [0.25, 0.3) is 0 Å². The Morgan fingerprint density at radius 1 is 0.789 bits per heavy atom. The number of rotatable bonds is 3. The highest BCUT2D eigenvalue weighted by Crippen LogP contribution is 2.38. The topological polar surface area (TPSA) is 12.0 Å². The van der Waals surface area contributed by atoms with E-state index in [1.165, 1.54) is 51.4 Å². The maximum absolute atomic E-state index is 3.49. The third-order valence-corrected chi connectivity index (χ3v) is 5.32. The highest BCUT2D eigenvalue weighted by atomic mass is 14.9. The molecule has 2 saturated carbocycles. The SMILES string of the molecule is CNC1CCCCC(c2ccc(C3CCC3)cc2)C1. The van der Waals surface area contributed by atoms with Crippen LogP contribution < -0.4 is 5.32 Å². The Balaban J connectivity index is 1.69. The lowest BCUT2D eigenvalue weighted by molar-refractivity contribution is 0.419. The van der Waals surface area contributed by atoms with Crippen molar-refractivity contribution < 1.29 is 0 Å². The van der Waals surface area contributed by atoms with Gasteiger partial charge in [0.1, 0.15) is 0 Å². The van der Waals surface area contributed by atoms with Gasteiger partial charge in [-0.05, 0) is 62.1 Å². The second-order valence-electron chi connectivity index (χ2n) is 6.50. The van der Waals surface area contributed by atoms with E-state index in [2.05, 4.69) is 36.6 Å². The molecule has 0 amide bonds. The van der Waals surface area contributed by atoms with E-state index in [9.17, 15) is 0 Å². The van der Waals surface area contributed by atoms with Crippen molar-refractivity contribution in [1.82, 2.24) is 5.32 Å². The molecule has 0 saturated heterocycles. The van der Waals surface area contributed by atoms with E-state index in [0.29, 0.717) is 0 Å². The van der Waals surface area contributed by atoms with E-state index < -0.39 is 0 Å². The molecule has 1 N–H and O–H groups in total. The summed E-state index contributed by atoms with van der Waals surface area (Å²) in [7, 11) is 2.12. The zero-order valence-electron chi connectivity index (χ0n) is 12.2. The average molecular weight is 257 g/mol. The van der Waals surface area contributed by atoms with Gasteiger partial charge in [0.05, 0.1) is 0 Å². The molecule has 1 nitrogen and oxygen atoms in total. The summed E-state index contributed by atoms with van der Waals surface area (Å²) >= 11 is 0. The van der Waals surface area contributed by atoms with Gasteiger partial charge in [0.15, 0.2) is 0 Å². The number of benzene rings is 1. The molecule has 1 heteroatoms. The molecule has 2 unspecified atom stereocenters. The van der Waals surface area contributed by atoms with Gasteiger partial charge in [-0.3, -0.25) is 0 Å². The van der Waals surface area contributed by atoms with Crippen LogP contribution in [0.15, 0.2) is 24.3 Å². The first-order valence-electron chi connectivity index (χ1n) is 8.14. The van der Waals surface area contributed by atoms with Gasteiger partial charge in [-0.2, -0.15) is 0 Å². The van der Waals surface area contributed by atoms with Crippen molar-refractivity contribution in [2.24, 2.45) is 0 Å². The molecule has 0 heterocycles. The first kappa shape index (κ1) is 13.2. The fourth-order valence-corrected chi connectivity index (χ4v) is 3.71. The van der Waals surface area contributed by atoms with Crippen molar-refractivity contribution in [1.29, 1.82) is 0 Å². The van der Waals surface area contributed by atoms with Crippen molar-refractivity contribution in [2.75, 3.05) is 7.05 Å². The molecule has 2 aliphatic carbocycles. The Morgan fingerprint density at radius 2 is 1.37 bits per heavy atom. The van der Waals surface area contributed by atoms with Crippen LogP contribution in [0.5, 0.6) is 0 Å². The fraction of sp³-hybridized carbons (Fsp3) is 0.667. The van der Waals surface area contributed by atoms with E-state index in [0.717, 1.165) is 17.9 Å². The quantitative estimate of drug-likeness (QED) is 0.781. The zero-order valence-corrected chi connectivity index (χ0v) is 12.2. The van der Waals surface area contributed by atoms with E-state index in [-0.39, 0.29) is 0 Å². The molecule has 104 valence electrons. The minimum Gasteiger partial charge on any atom is -0.317 e. The second-order valence-corrected chi connectivity index (χ2v) is 6.50. The van der Waals surface area contributed by atoms with Gasteiger partial charge in [-0.15, -0.1) is 0 Å². The molecule has 2 atom stereocenters. The van der Waals surface area contributed by atoms with Crippen LogP contribution in [0, 0.1) is 0 Å². The molecule has 2 fully saturated rings. The summed E-state index contributed by atoms with van der Waals surface area (Å²) in [6.07, 6.45) is 11.1. The molecule has 2 aliphatic rings. The number of hydrogen-bond acceptors (Lipinski definition) is 1. The van der Waals surface area contributed by atoms with Crippen molar-refractivity contribution in [2.45, 2.75) is 69.2 Å². The number of hydrogen-bond donors (Lipinski definition) is 1. The van der Waals surface area contributed by atoms with Gasteiger partial charge in [0, 0.05) is 6.04 Å². The fourth-order valence-electron chi connectivity index (χ4n) is 3.71.